The van der Waals surface area contributed by atoms with Gasteiger partial charge in [0.05, 0.1) is 12.2 Å². The second-order valence-corrected chi connectivity index (χ2v) is 7.40. The van der Waals surface area contributed by atoms with Crippen LogP contribution < -0.4 is 10.6 Å². The minimum absolute atomic E-state index is 0.0805. The van der Waals surface area contributed by atoms with E-state index in [4.69, 9.17) is 4.98 Å². The topological polar surface area (TPSA) is 57.3 Å². The standard InChI is InChI=1S/C15H26N4OS/c1-5-17-14(20)11-8-16-6-7-19(11)9-13-18-12(10-21-13)15(2,3)4/h10-11,16H,5-9H2,1-4H3,(H,17,20). The number of likely N-dealkylation sites (N-methyl/N-ethyl adjacent to an activating group) is 1. The van der Waals surface area contributed by atoms with Crippen LogP contribution in [0.4, 0.5) is 0 Å². The second-order valence-electron chi connectivity index (χ2n) is 6.46. The summed E-state index contributed by atoms with van der Waals surface area (Å²) in [4.78, 5) is 19.1. The van der Waals surface area contributed by atoms with Crippen LogP contribution in [0, 0.1) is 0 Å². The van der Waals surface area contributed by atoms with Crippen LogP contribution in [-0.4, -0.2) is 48.0 Å². The molecule has 2 rings (SSSR count). The van der Waals surface area contributed by atoms with E-state index >= 15 is 0 Å². The lowest BCUT2D eigenvalue weighted by Crippen LogP contribution is -2.57. The summed E-state index contributed by atoms with van der Waals surface area (Å²) in [5.74, 6) is 0.109. The summed E-state index contributed by atoms with van der Waals surface area (Å²) in [5.41, 5.74) is 1.21. The highest BCUT2D eigenvalue weighted by atomic mass is 32.1. The Hall–Kier alpha value is -0.980. The van der Waals surface area contributed by atoms with Crippen molar-refractivity contribution in [1.82, 2.24) is 20.5 Å². The number of hydrogen-bond donors (Lipinski definition) is 2. The van der Waals surface area contributed by atoms with Crippen LogP contribution in [0.1, 0.15) is 38.4 Å². The van der Waals surface area contributed by atoms with Gasteiger partial charge < -0.3 is 10.6 Å². The van der Waals surface area contributed by atoms with Gasteiger partial charge in [0.1, 0.15) is 11.0 Å². The number of hydrogen-bond acceptors (Lipinski definition) is 5. The molecule has 0 spiro atoms. The van der Waals surface area contributed by atoms with Gasteiger partial charge in [-0.25, -0.2) is 4.98 Å². The third kappa shape index (κ3) is 4.25. The Labute approximate surface area is 131 Å². The number of piperazine rings is 1. The largest absolute Gasteiger partial charge is 0.355 e. The molecule has 0 aromatic carbocycles. The Morgan fingerprint density at radius 1 is 1.57 bits per heavy atom. The molecule has 0 saturated carbocycles. The molecular formula is C15H26N4OS. The molecule has 0 aliphatic carbocycles. The smallest absolute Gasteiger partial charge is 0.238 e. The first-order chi connectivity index (χ1) is 9.91. The summed E-state index contributed by atoms with van der Waals surface area (Å²) < 4.78 is 0. The molecule has 1 aliphatic heterocycles. The fraction of sp³-hybridized carbons (Fsp3) is 0.733. The quantitative estimate of drug-likeness (QED) is 0.881. The van der Waals surface area contributed by atoms with Crippen LogP contribution in [0.3, 0.4) is 0 Å². The third-order valence-electron chi connectivity index (χ3n) is 3.67. The van der Waals surface area contributed by atoms with Gasteiger partial charge >= 0.3 is 0 Å². The Bertz CT molecular complexity index is 480. The molecule has 6 heteroatoms. The molecule has 118 valence electrons. The number of carbonyl (C=O) groups is 1. The summed E-state index contributed by atoms with van der Waals surface area (Å²) in [6, 6.07) is -0.0966. The lowest BCUT2D eigenvalue weighted by atomic mass is 9.93. The van der Waals surface area contributed by atoms with Gasteiger partial charge in [0, 0.05) is 37.0 Å². The van der Waals surface area contributed by atoms with Gasteiger partial charge in [0.25, 0.3) is 0 Å². The normalized spacial score (nSPS) is 20.5. The highest BCUT2D eigenvalue weighted by Crippen LogP contribution is 2.25. The number of amides is 1. The maximum atomic E-state index is 12.2. The average Bonchev–Trinajstić information content (AvgIpc) is 2.88. The summed E-state index contributed by atoms with van der Waals surface area (Å²) in [7, 11) is 0. The van der Waals surface area contributed by atoms with Crippen molar-refractivity contribution < 1.29 is 4.79 Å². The lowest BCUT2D eigenvalue weighted by molar-refractivity contribution is -0.127. The summed E-state index contributed by atoms with van der Waals surface area (Å²) >= 11 is 1.69. The van der Waals surface area contributed by atoms with Crippen molar-refractivity contribution in [3.05, 3.63) is 16.1 Å². The van der Waals surface area contributed by atoms with E-state index in [2.05, 4.69) is 41.7 Å². The second kappa shape index (κ2) is 6.85. The third-order valence-corrected chi connectivity index (χ3v) is 4.50. The van der Waals surface area contributed by atoms with Crippen molar-refractivity contribution in [2.45, 2.75) is 45.7 Å². The van der Waals surface area contributed by atoms with E-state index in [-0.39, 0.29) is 17.4 Å². The first-order valence-corrected chi connectivity index (χ1v) is 8.47. The molecule has 1 aromatic heterocycles. The first kappa shape index (κ1) is 16.4. The van der Waals surface area contributed by atoms with E-state index in [1.807, 2.05) is 6.92 Å². The number of rotatable bonds is 4. The lowest BCUT2D eigenvalue weighted by Gasteiger charge is -2.34. The Balaban J connectivity index is 2.05. The zero-order chi connectivity index (χ0) is 15.5. The van der Waals surface area contributed by atoms with Gasteiger partial charge in [0.15, 0.2) is 0 Å². The maximum absolute atomic E-state index is 12.2. The van der Waals surface area contributed by atoms with Crippen LogP contribution in [0.2, 0.25) is 0 Å². The fourth-order valence-corrected chi connectivity index (χ4v) is 3.43. The molecule has 5 nitrogen and oxygen atoms in total. The molecule has 1 saturated heterocycles. The predicted molar refractivity (Wildman–Crippen MR) is 86.6 cm³/mol. The van der Waals surface area contributed by atoms with E-state index in [0.29, 0.717) is 13.1 Å². The molecule has 1 unspecified atom stereocenters. The van der Waals surface area contributed by atoms with Gasteiger partial charge in [-0.1, -0.05) is 20.8 Å². The minimum Gasteiger partial charge on any atom is -0.355 e. The molecule has 0 radical (unpaired) electrons. The maximum Gasteiger partial charge on any atom is 0.238 e. The van der Waals surface area contributed by atoms with E-state index in [1.165, 1.54) is 0 Å². The van der Waals surface area contributed by atoms with E-state index < -0.39 is 0 Å². The van der Waals surface area contributed by atoms with Crippen LogP contribution in [0.15, 0.2) is 5.38 Å². The Morgan fingerprint density at radius 3 is 2.95 bits per heavy atom. The average molecular weight is 310 g/mol. The molecular weight excluding hydrogens is 284 g/mol. The van der Waals surface area contributed by atoms with Crippen molar-refractivity contribution >= 4 is 17.2 Å². The zero-order valence-electron chi connectivity index (χ0n) is 13.4. The summed E-state index contributed by atoms with van der Waals surface area (Å²) in [5, 5.41) is 9.45. The molecule has 1 fully saturated rings. The highest BCUT2D eigenvalue weighted by Gasteiger charge is 2.29. The fourth-order valence-electron chi connectivity index (χ4n) is 2.39. The Kier molecular flexibility index (Phi) is 5.35. The van der Waals surface area contributed by atoms with Gasteiger partial charge in [-0.05, 0) is 6.92 Å². The zero-order valence-corrected chi connectivity index (χ0v) is 14.2. The summed E-state index contributed by atoms with van der Waals surface area (Å²) in [6.07, 6.45) is 0. The molecule has 1 aliphatic rings. The van der Waals surface area contributed by atoms with Crippen molar-refractivity contribution in [2.24, 2.45) is 0 Å². The Morgan fingerprint density at radius 2 is 2.33 bits per heavy atom. The SMILES string of the molecule is CCNC(=O)C1CNCCN1Cc1nc(C(C)(C)C)cs1. The van der Waals surface area contributed by atoms with Crippen LogP contribution in [-0.2, 0) is 16.8 Å². The van der Waals surface area contributed by atoms with Gasteiger partial charge in [0.2, 0.25) is 5.91 Å². The molecule has 21 heavy (non-hydrogen) atoms. The van der Waals surface area contributed by atoms with Gasteiger partial charge in [-0.3, -0.25) is 9.69 Å². The van der Waals surface area contributed by atoms with Crippen LogP contribution in [0.5, 0.6) is 0 Å². The van der Waals surface area contributed by atoms with Gasteiger partial charge in [-0.2, -0.15) is 0 Å². The van der Waals surface area contributed by atoms with Crippen LogP contribution in [0.25, 0.3) is 0 Å². The van der Waals surface area contributed by atoms with Crippen molar-refractivity contribution in [3.8, 4) is 0 Å². The first-order valence-electron chi connectivity index (χ1n) is 7.59. The van der Waals surface area contributed by atoms with Crippen molar-refractivity contribution in [3.63, 3.8) is 0 Å². The monoisotopic (exact) mass is 310 g/mol. The van der Waals surface area contributed by atoms with Crippen molar-refractivity contribution in [2.75, 3.05) is 26.2 Å². The number of aromatic nitrogens is 1. The van der Waals surface area contributed by atoms with E-state index in [0.717, 1.165) is 30.3 Å². The molecule has 2 N–H and O–H groups in total. The van der Waals surface area contributed by atoms with Crippen LogP contribution >= 0.6 is 11.3 Å². The molecule has 1 atom stereocenters. The molecule has 1 amide bonds. The number of nitrogens with zero attached hydrogens (tertiary/aromatic N) is 2. The van der Waals surface area contributed by atoms with Gasteiger partial charge in [-0.15, -0.1) is 11.3 Å². The predicted octanol–water partition coefficient (Wildman–Crippen LogP) is 1.35. The van der Waals surface area contributed by atoms with E-state index in [9.17, 15) is 4.79 Å². The van der Waals surface area contributed by atoms with Crippen molar-refractivity contribution in [1.29, 1.82) is 0 Å². The molecule has 2 heterocycles. The number of carbonyl (C=O) groups excluding carboxylic acids is 1. The summed E-state index contributed by atoms with van der Waals surface area (Å²) in [6.45, 7) is 12.4. The number of thiazole rings is 1. The minimum atomic E-state index is -0.0966. The molecule has 1 aromatic rings. The highest BCUT2D eigenvalue weighted by molar-refractivity contribution is 7.09. The molecule has 0 bridgehead atoms. The number of nitrogens with one attached hydrogen (secondary N) is 2. The van der Waals surface area contributed by atoms with E-state index in [1.54, 1.807) is 11.3 Å².